The molecule has 2 amide bonds. The monoisotopic (exact) mass is 373 g/mol. The first-order chi connectivity index (χ1) is 12.4. The average Bonchev–Trinajstić information content (AvgIpc) is 3.01. The van der Waals surface area contributed by atoms with Gasteiger partial charge in [0, 0.05) is 19.0 Å². The second kappa shape index (κ2) is 7.86. The van der Waals surface area contributed by atoms with E-state index < -0.39 is 0 Å². The van der Waals surface area contributed by atoms with Crippen LogP contribution in [0.3, 0.4) is 0 Å². The highest BCUT2D eigenvalue weighted by Crippen LogP contribution is 2.25. The standard InChI is InChI=1S/C19H23N3O3S/c1-12-3-5-15(6-4-12)25-11-16-21-13(2)17(26-16)19(24)22-9-7-14(8-10-22)18(20)23/h3-6,14H,7-11H2,1-2H3,(H2,20,23). The summed E-state index contributed by atoms with van der Waals surface area (Å²) in [5.74, 6) is 0.357. The van der Waals surface area contributed by atoms with Gasteiger partial charge in [-0.1, -0.05) is 17.7 Å². The summed E-state index contributed by atoms with van der Waals surface area (Å²) in [4.78, 5) is 30.9. The molecular weight excluding hydrogens is 350 g/mol. The third kappa shape index (κ3) is 4.22. The smallest absolute Gasteiger partial charge is 0.265 e. The van der Waals surface area contributed by atoms with Gasteiger partial charge in [0.2, 0.25) is 5.91 Å². The van der Waals surface area contributed by atoms with Gasteiger partial charge in [0.15, 0.2) is 0 Å². The van der Waals surface area contributed by atoms with Crippen molar-refractivity contribution in [3.05, 3.63) is 45.4 Å². The number of nitrogens with zero attached hydrogens (tertiary/aromatic N) is 2. The van der Waals surface area contributed by atoms with Crippen LogP contribution in [0, 0.1) is 19.8 Å². The molecule has 2 N–H and O–H groups in total. The highest BCUT2D eigenvalue weighted by Gasteiger charge is 2.28. The number of piperidine rings is 1. The zero-order valence-electron chi connectivity index (χ0n) is 15.0. The Hall–Kier alpha value is -2.41. The molecule has 1 aliphatic rings. The molecule has 0 unspecified atom stereocenters. The molecule has 1 aromatic carbocycles. The fraction of sp³-hybridized carbons (Fsp3) is 0.421. The Bertz CT molecular complexity index is 793. The maximum Gasteiger partial charge on any atom is 0.265 e. The second-order valence-corrected chi connectivity index (χ2v) is 7.68. The summed E-state index contributed by atoms with van der Waals surface area (Å²) < 4.78 is 5.75. The number of rotatable bonds is 5. The van der Waals surface area contributed by atoms with Crippen molar-refractivity contribution in [2.24, 2.45) is 11.7 Å². The van der Waals surface area contributed by atoms with Crippen LogP contribution < -0.4 is 10.5 Å². The Morgan fingerprint density at radius 2 is 1.88 bits per heavy atom. The molecule has 0 radical (unpaired) electrons. The first-order valence-electron chi connectivity index (χ1n) is 8.68. The van der Waals surface area contributed by atoms with Crippen molar-refractivity contribution in [1.29, 1.82) is 0 Å². The molecule has 138 valence electrons. The molecule has 1 fully saturated rings. The van der Waals surface area contributed by atoms with Crippen LogP contribution in [0.2, 0.25) is 0 Å². The Labute approximate surface area is 157 Å². The van der Waals surface area contributed by atoms with E-state index >= 15 is 0 Å². The molecular formula is C19H23N3O3S. The minimum absolute atomic E-state index is 0.0236. The van der Waals surface area contributed by atoms with Gasteiger partial charge in [-0.3, -0.25) is 9.59 Å². The number of aromatic nitrogens is 1. The molecule has 7 heteroatoms. The normalized spacial score (nSPS) is 15.1. The fourth-order valence-electron chi connectivity index (χ4n) is 3.00. The lowest BCUT2D eigenvalue weighted by molar-refractivity contribution is -0.123. The predicted octanol–water partition coefficient (Wildman–Crippen LogP) is 2.68. The lowest BCUT2D eigenvalue weighted by atomic mass is 9.96. The summed E-state index contributed by atoms with van der Waals surface area (Å²) in [6, 6.07) is 7.83. The number of aryl methyl sites for hydroxylation is 2. The first-order valence-corrected chi connectivity index (χ1v) is 9.50. The molecule has 26 heavy (non-hydrogen) atoms. The molecule has 6 nitrogen and oxygen atoms in total. The molecule has 3 rings (SSSR count). The SMILES string of the molecule is Cc1ccc(OCc2nc(C)c(C(=O)N3CCC(C(N)=O)CC3)s2)cc1. The van der Waals surface area contributed by atoms with Crippen molar-refractivity contribution in [3.8, 4) is 5.75 Å². The summed E-state index contributed by atoms with van der Waals surface area (Å²) in [6.45, 7) is 5.32. The second-order valence-electron chi connectivity index (χ2n) is 6.59. The van der Waals surface area contributed by atoms with Crippen LogP contribution in [0.25, 0.3) is 0 Å². The van der Waals surface area contributed by atoms with Crippen molar-refractivity contribution in [1.82, 2.24) is 9.88 Å². The summed E-state index contributed by atoms with van der Waals surface area (Å²) >= 11 is 1.37. The molecule has 0 spiro atoms. The van der Waals surface area contributed by atoms with Gasteiger partial charge >= 0.3 is 0 Å². The summed E-state index contributed by atoms with van der Waals surface area (Å²) in [5.41, 5.74) is 7.25. The number of nitrogens with two attached hydrogens (primary N) is 1. The van der Waals surface area contributed by atoms with Crippen molar-refractivity contribution >= 4 is 23.2 Å². The largest absolute Gasteiger partial charge is 0.486 e. The van der Waals surface area contributed by atoms with E-state index in [9.17, 15) is 9.59 Å². The number of benzene rings is 1. The molecule has 2 heterocycles. The molecule has 1 aromatic heterocycles. The number of primary amides is 1. The quantitative estimate of drug-likeness (QED) is 0.873. The molecule has 1 aliphatic heterocycles. The van der Waals surface area contributed by atoms with Gasteiger partial charge in [-0.2, -0.15) is 0 Å². The Kier molecular flexibility index (Phi) is 5.56. The van der Waals surface area contributed by atoms with Crippen molar-refractivity contribution in [3.63, 3.8) is 0 Å². The minimum atomic E-state index is -0.276. The van der Waals surface area contributed by atoms with E-state index in [0.29, 0.717) is 37.4 Å². The number of thiazole rings is 1. The number of hydrogen-bond acceptors (Lipinski definition) is 5. The van der Waals surface area contributed by atoms with Crippen LogP contribution in [0.15, 0.2) is 24.3 Å². The van der Waals surface area contributed by atoms with Gasteiger partial charge in [0.05, 0.1) is 5.69 Å². The van der Waals surface area contributed by atoms with Gasteiger partial charge in [0.25, 0.3) is 5.91 Å². The van der Waals surface area contributed by atoms with Crippen LogP contribution in [0.4, 0.5) is 0 Å². The molecule has 0 bridgehead atoms. The fourth-order valence-corrected chi connectivity index (χ4v) is 3.95. The van der Waals surface area contributed by atoms with Crippen LogP contribution >= 0.6 is 11.3 Å². The lowest BCUT2D eigenvalue weighted by Crippen LogP contribution is -2.41. The van der Waals surface area contributed by atoms with E-state index in [-0.39, 0.29) is 17.7 Å². The number of amides is 2. The number of ether oxygens (including phenoxy) is 1. The van der Waals surface area contributed by atoms with Crippen LogP contribution in [0.1, 0.15) is 38.8 Å². The average molecular weight is 373 g/mol. The minimum Gasteiger partial charge on any atom is -0.486 e. The third-order valence-corrected chi connectivity index (χ3v) is 5.72. The number of carbonyl (C=O) groups is 2. The Morgan fingerprint density at radius 3 is 2.50 bits per heavy atom. The van der Waals surface area contributed by atoms with E-state index in [2.05, 4.69) is 4.98 Å². The Morgan fingerprint density at radius 1 is 1.23 bits per heavy atom. The van der Waals surface area contributed by atoms with E-state index in [1.54, 1.807) is 4.90 Å². The third-order valence-electron chi connectivity index (χ3n) is 4.60. The highest BCUT2D eigenvalue weighted by atomic mass is 32.1. The van der Waals surface area contributed by atoms with Gasteiger partial charge in [-0.05, 0) is 38.8 Å². The maximum atomic E-state index is 12.8. The van der Waals surface area contributed by atoms with Crippen molar-refractivity contribution in [2.75, 3.05) is 13.1 Å². The van der Waals surface area contributed by atoms with Gasteiger partial charge in [0.1, 0.15) is 22.2 Å². The van der Waals surface area contributed by atoms with E-state index in [4.69, 9.17) is 10.5 Å². The van der Waals surface area contributed by atoms with E-state index in [1.807, 2.05) is 38.1 Å². The zero-order chi connectivity index (χ0) is 18.7. The number of likely N-dealkylation sites (tertiary alicyclic amines) is 1. The van der Waals surface area contributed by atoms with Gasteiger partial charge in [-0.25, -0.2) is 4.98 Å². The lowest BCUT2D eigenvalue weighted by Gasteiger charge is -2.30. The molecule has 0 saturated carbocycles. The summed E-state index contributed by atoms with van der Waals surface area (Å²) in [6.07, 6.45) is 1.25. The predicted molar refractivity (Wildman–Crippen MR) is 100 cm³/mol. The molecule has 2 aromatic rings. The maximum absolute atomic E-state index is 12.8. The highest BCUT2D eigenvalue weighted by molar-refractivity contribution is 7.13. The van der Waals surface area contributed by atoms with Crippen molar-refractivity contribution in [2.45, 2.75) is 33.3 Å². The first kappa shape index (κ1) is 18.4. The molecule has 1 saturated heterocycles. The molecule has 0 aliphatic carbocycles. The van der Waals surface area contributed by atoms with E-state index in [0.717, 1.165) is 16.5 Å². The zero-order valence-corrected chi connectivity index (χ0v) is 15.8. The van der Waals surface area contributed by atoms with Crippen LogP contribution in [-0.2, 0) is 11.4 Å². The number of carbonyl (C=O) groups excluding carboxylic acids is 2. The molecule has 0 atom stereocenters. The summed E-state index contributed by atoms with van der Waals surface area (Å²) in [5, 5.41) is 0.776. The number of hydrogen-bond donors (Lipinski definition) is 1. The Balaban J connectivity index is 1.61. The van der Waals surface area contributed by atoms with Crippen molar-refractivity contribution < 1.29 is 14.3 Å². The van der Waals surface area contributed by atoms with Gasteiger partial charge in [-0.15, -0.1) is 11.3 Å². The van der Waals surface area contributed by atoms with Crippen LogP contribution in [-0.4, -0.2) is 34.8 Å². The van der Waals surface area contributed by atoms with Gasteiger partial charge < -0.3 is 15.4 Å². The summed E-state index contributed by atoms with van der Waals surface area (Å²) in [7, 11) is 0. The van der Waals surface area contributed by atoms with Crippen LogP contribution in [0.5, 0.6) is 5.75 Å². The van der Waals surface area contributed by atoms with E-state index in [1.165, 1.54) is 16.9 Å². The topological polar surface area (TPSA) is 85.5 Å².